The third kappa shape index (κ3) is 5.20. The number of hydrogen-bond donors (Lipinski definition) is 1. The van der Waals surface area contributed by atoms with Gasteiger partial charge in [0.1, 0.15) is 5.69 Å². The molecule has 0 aliphatic heterocycles. The van der Waals surface area contributed by atoms with E-state index in [1.54, 1.807) is 6.92 Å². The molecular formula is C11H17ClN4O2S. The van der Waals surface area contributed by atoms with Gasteiger partial charge in [-0.25, -0.2) is 4.98 Å². The van der Waals surface area contributed by atoms with Crippen LogP contribution in [-0.2, 0) is 0 Å². The molecule has 0 unspecified atom stereocenters. The number of rotatable bonds is 8. The van der Waals surface area contributed by atoms with Gasteiger partial charge in [-0.15, -0.1) is 0 Å². The number of halogens is 1. The van der Waals surface area contributed by atoms with E-state index in [4.69, 9.17) is 11.6 Å². The normalized spacial score (nSPS) is 10.5. The van der Waals surface area contributed by atoms with Crippen LogP contribution >= 0.6 is 23.4 Å². The maximum atomic E-state index is 11.0. The minimum absolute atomic E-state index is 0.0213. The Bertz CT molecular complexity index is 445. The first-order valence-electron chi connectivity index (χ1n) is 5.97. The number of aromatic nitrogens is 2. The second-order valence-electron chi connectivity index (χ2n) is 4.01. The molecule has 0 spiro atoms. The third-order valence-corrected chi connectivity index (χ3v) is 3.40. The molecule has 1 aromatic heterocycles. The van der Waals surface area contributed by atoms with Crippen molar-refractivity contribution < 1.29 is 4.92 Å². The molecule has 0 amide bonds. The van der Waals surface area contributed by atoms with E-state index < -0.39 is 4.92 Å². The molecule has 0 radical (unpaired) electrons. The van der Waals surface area contributed by atoms with Crippen LogP contribution in [0.4, 0.5) is 11.5 Å². The molecule has 8 heteroatoms. The highest BCUT2D eigenvalue weighted by atomic mass is 35.5. The van der Waals surface area contributed by atoms with Crippen molar-refractivity contribution in [2.45, 2.75) is 26.2 Å². The second kappa shape index (κ2) is 8.16. The first kappa shape index (κ1) is 16.0. The van der Waals surface area contributed by atoms with Gasteiger partial charge in [-0.2, -0.15) is 16.7 Å². The Morgan fingerprint density at radius 3 is 2.74 bits per heavy atom. The Hall–Kier alpha value is -1.08. The molecule has 0 aromatic carbocycles. The van der Waals surface area contributed by atoms with Gasteiger partial charge in [0.15, 0.2) is 0 Å². The Kier molecular flexibility index (Phi) is 6.86. The quantitative estimate of drug-likeness (QED) is 0.343. The number of nitrogens with zero attached hydrogens (tertiary/aromatic N) is 3. The van der Waals surface area contributed by atoms with E-state index in [9.17, 15) is 10.1 Å². The molecule has 0 aliphatic rings. The smallest absolute Gasteiger partial charge is 0.332 e. The molecule has 1 rings (SSSR count). The highest BCUT2D eigenvalue weighted by Crippen LogP contribution is 2.26. The molecule has 1 N–H and O–H groups in total. The van der Waals surface area contributed by atoms with Crippen LogP contribution in [0.25, 0.3) is 0 Å². The molecule has 0 saturated carbocycles. The summed E-state index contributed by atoms with van der Waals surface area (Å²) in [5, 5.41) is 14.0. The van der Waals surface area contributed by atoms with Crippen LogP contribution in [0.3, 0.4) is 0 Å². The predicted molar refractivity (Wildman–Crippen MR) is 79.2 cm³/mol. The maximum absolute atomic E-state index is 11.0. The molecule has 0 atom stereocenters. The lowest BCUT2D eigenvalue weighted by Crippen LogP contribution is -2.09. The molecule has 0 bridgehead atoms. The Balaban J connectivity index is 2.59. The molecule has 0 saturated heterocycles. The lowest BCUT2D eigenvalue weighted by atomic mass is 10.2. The van der Waals surface area contributed by atoms with Crippen LogP contribution < -0.4 is 5.32 Å². The van der Waals surface area contributed by atoms with E-state index in [-0.39, 0.29) is 22.5 Å². The summed E-state index contributed by atoms with van der Waals surface area (Å²) in [5.41, 5.74) is 0.170. The van der Waals surface area contributed by atoms with E-state index in [0.29, 0.717) is 6.54 Å². The fourth-order valence-corrected chi connectivity index (χ4v) is 2.33. The van der Waals surface area contributed by atoms with E-state index in [0.717, 1.165) is 25.0 Å². The minimum Gasteiger partial charge on any atom is -0.364 e. The van der Waals surface area contributed by atoms with Crippen molar-refractivity contribution >= 4 is 34.9 Å². The molecule has 0 fully saturated rings. The molecule has 19 heavy (non-hydrogen) atoms. The summed E-state index contributed by atoms with van der Waals surface area (Å²) in [6.07, 6.45) is 5.25. The molecule has 1 heterocycles. The van der Waals surface area contributed by atoms with Gasteiger partial charge in [0, 0.05) is 6.54 Å². The SMILES string of the molecule is CSCCCCCNc1nc(Cl)nc(C)c1[N+](=O)[O-]. The van der Waals surface area contributed by atoms with Crippen LogP contribution in [0.5, 0.6) is 0 Å². The summed E-state index contributed by atoms with van der Waals surface area (Å²) >= 11 is 7.54. The number of aryl methyl sites for hydroxylation is 1. The fraction of sp³-hybridized carbons (Fsp3) is 0.636. The topological polar surface area (TPSA) is 81.0 Å². The van der Waals surface area contributed by atoms with Gasteiger partial charge in [0.2, 0.25) is 11.1 Å². The predicted octanol–water partition coefficient (Wildman–Crippen LogP) is 3.29. The zero-order chi connectivity index (χ0) is 14.3. The highest BCUT2D eigenvalue weighted by Gasteiger charge is 2.21. The summed E-state index contributed by atoms with van der Waals surface area (Å²) in [5.74, 6) is 1.34. The van der Waals surface area contributed by atoms with Gasteiger partial charge in [0.25, 0.3) is 0 Å². The Morgan fingerprint density at radius 1 is 1.37 bits per heavy atom. The Morgan fingerprint density at radius 2 is 2.11 bits per heavy atom. The summed E-state index contributed by atoms with van der Waals surface area (Å²) < 4.78 is 0. The average molecular weight is 305 g/mol. The lowest BCUT2D eigenvalue weighted by molar-refractivity contribution is -0.385. The molecule has 106 valence electrons. The van der Waals surface area contributed by atoms with Crippen LogP contribution in [-0.4, -0.2) is 33.4 Å². The number of nitrogens with one attached hydrogen (secondary N) is 1. The van der Waals surface area contributed by atoms with Crippen LogP contribution in [0.2, 0.25) is 5.28 Å². The van der Waals surface area contributed by atoms with Crippen LogP contribution in [0, 0.1) is 17.0 Å². The van der Waals surface area contributed by atoms with E-state index in [1.165, 1.54) is 0 Å². The van der Waals surface area contributed by atoms with E-state index in [1.807, 2.05) is 11.8 Å². The number of unbranched alkanes of at least 4 members (excludes halogenated alkanes) is 2. The number of thioether (sulfide) groups is 1. The number of nitro groups is 1. The molecular weight excluding hydrogens is 288 g/mol. The first-order chi connectivity index (χ1) is 9.06. The van der Waals surface area contributed by atoms with Crippen molar-refractivity contribution in [3.63, 3.8) is 0 Å². The van der Waals surface area contributed by atoms with E-state index >= 15 is 0 Å². The average Bonchev–Trinajstić information content (AvgIpc) is 2.32. The van der Waals surface area contributed by atoms with Crippen molar-refractivity contribution in [1.29, 1.82) is 0 Å². The second-order valence-corrected chi connectivity index (χ2v) is 5.34. The standard InChI is InChI=1S/C11H17ClN4O2S/c1-8-9(16(17)18)10(15-11(12)14-8)13-6-4-3-5-7-19-2/h3-7H2,1-2H3,(H,13,14,15). The van der Waals surface area contributed by atoms with Gasteiger partial charge in [-0.1, -0.05) is 6.42 Å². The maximum Gasteiger partial charge on any atom is 0.332 e. The van der Waals surface area contributed by atoms with Crippen molar-refractivity contribution in [2.75, 3.05) is 23.9 Å². The van der Waals surface area contributed by atoms with Gasteiger partial charge >= 0.3 is 5.69 Å². The molecule has 0 aliphatic carbocycles. The van der Waals surface area contributed by atoms with Gasteiger partial charge in [-0.3, -0.25) is 10.1 Å². The minimum atomic E-state index is -0.484. The summed E-state index contributed by atoms with van der Waals surface area (Å²) in [4.78, 5) is 18.2. The van der Waals surface area contributed by atoms with E-state index in [2.05, 4.69) is 21.5 Å². The number of anilines is 1. The third-order valence-electron chi connectivity index (χ3n) is 2.53. The van der Waals surface area contributed by atoms with Crippen LogP contribution in [0.15, 0.2) is 0 Å². The zero-order valence-electron chi connectivity index (χ0n) is 11.0. The molecule has 6 nitrogen and oxygen atoms in total. The highest BCUT2D eigenvalue weighted by molar-refractivity contribution is 7.98. The van der Waals surface area contributed by atoms with Gasteiger partial charge < -0.3 is 5.32 Å². The van der Waals surface area contributed by atoms with Crippen molar-refractivity contribution in [2.24, 2.45) is 0 Å². The summed E-state index contributed by atoms with van der Waals surface area (Å²) in [6.45, 7) is 2.19. The van der Waals surface area contributed by atoms with Crippen LogP contribution in [0.1, 0.15) is 25.0 Å². The first-order valence-corrected chi connectivity index (χ1v) is 7.74. The monoisotopic (exact) mass is 304 g/mol. The number of hydrogen-bond acceptors (Lipinski definition) is 6. The Labute approximate surface area is 121 Å². The summed E-state index contributed by atoms with van der Waals surface area (Å²) in [6, 6.07) is 0. The largest absolute Gasteiger partial charge is 0.364 e. The molecule has 1 aromatic rings. The lowest BCUT2D eigenvalue weighted by Gasteiger charge is -2.07. The fourth-order valence-electron chi connectivity index (χ4n) is 1.63. The van der Waals surface area contributed by atoms with Crippen molar-refractivity contribution in [1.82, 2.24) is 9.97 Å². The van der Waals surface area contributed by atoms with Crippen molar-refractivity contribution in [3.8, 4) is 0 Å². The summed E-state index contributed by atoms with van der Waals surface area (Å²) in [7, 11) is 0. The van der Waals surface area contributed by atoms with Gasteiger partial charge in [-0.05, 0) is 43.4 Å². The van der Waals surface area contributed by atoms with Gasteiger partial charge in [0.05, 0.1) is 4.92 Å². The van der Waals surface area contributed by atoms with Crippen molar-refractivity contribution in [3.05, 3.63) is 21.1 Å². The zero-order valence-corrected chi connectivity index (χ0v) is 12.6.